The van der Waals surface area contributed by atoms with Crippen molar-refractivity contribution in [2.24, 2.45) is 0 Å². The number of aromatic nitrogens is 2. The molecular weight excluding hydrogens is 341 g/mol. The molecule has 2 atom stereocenters. The molecule has 0 radical (unpaired) electrons. The van der Waals surface area contributed by atoms with Gasteiger partial charge in [0.15, 0.2) is 6.23 Å². The molecular formula is C18H22FN3O4. The minimum Gasteiger partial charge on any atom is -0.502 e. The smallest absolute Gasteiger partial charge is 0.296 e. The third-order valence-corrected chi connectivity index (χ3v) is 4.44. The number of hydrogen-bond donors (Lipinski definition) is 3. The van der Waals surface area contributed by atoms with E-state index in [1.165, 1.54) is 10.6 Å². The van der Waals surface area contributed by atoms with Crippen LogP contribution < -0.4 is 10.9 Å². The summed E-state index contributed by atoms with van der Waals surface area (Å²) in [4.78, 5) is 16.8. The minimum absolute atomic E-state index is 0.116. The van der Waals surface area contributed by atoms with Gasteiger partial charge in [0, 0.05) is 13.0 Å². The number of hydrogen-bond acceptors (Lipinski definition) is 6. The molecule has 140 valence electrons. The fraction of sp³-hybridized carbons (Fsp3) is 0.444. The lowest BCUT2D eigenvalue weighted by Crippen LogP contribution is -2.32. The van der Waals surface area contributed by atoms with Gasteiger partial charge in [-0.25, -0.2) is 9.37 Å². The van der Waals surface area contributed by atoms with Crippen LogP contribution >= 0.6 is 0 Å². The Hall–Kier alpha value is -2.29. The van der Waals surface area contributed by atoms with Gasteiger partial charge in [0.2, 0.25) is 5.75 Å². The van der Waals surface area contributed by atoms with Crippen molar-refractivity contribution in [3.05, 3.63) is 57.0 Å². The van der Waals surface area contributed by atoms with Crippen molar-refractivity contribution in [1.82, 2.24) is 14.9 Å². The van der Waals surface area contributed by atoms with Crippen LogP contribution in [0.25, 0.3) is 0 Å². The standard InChI is InChI=1S/C18H22FN3O4/c1-10-7-12(3-4-13(10)19)8-20-17(24)15-16(23)18(25)22-11(2)9-26-6-5-14(22)21-15/h3-4,7,11,17,20,23-24H,5-6,8-9H2,1-2H3. The largest absolute Gasteiger partial charge is 0.502 e. The molecule has 3 N–H and O–H groups in total. The highest BCUT2D eigenvalue weighted by molar-refractivity contribution is 5.28. The predicted molar refractivity (Wildman–Crippen MR) is 92.3 cm³/mol. The second kappa shape index (κ2) is 7.53. The highest BCUT2D eigenvalue weighted by atomic mass is 19.1. The summed E-state index contributed by atoms with van der Waals surface area (Å²) in [5.41, 5.74) is 0.545. The predicted octanol–water partition coefficient (Wildman–Crippen LogP) is 1.31. The van der Waals surface area contributed by atoms with Gasteiger partial charge in [0.05, 0.1) is 19.3 Å². The zero-order chi connectivity index (χ0) is 18.8. The number of aliphatic hydroxyl groups is 1. The van der Waals surface area contributed by atoms with E-state index in [0.29, 0.717) is 31.0 Å². The van der Waals surface area contributed by atoms with E-state index in [4.69, 9.17) is 4.74 Å². The molecule has 0 bridgehead atoms. The lowest BCUT2D eigenvalue weighted by molar-refractivity contribution is 0.122. The Labute approximate surface area is 150 Å². The molecule has 3 rings (SSSR count). The molecule has 0 amide bonds. The molecule has 26 heavy (non-hydrogen) atoms. The number of halogens is 1. The van der Waals surface area contributed by atoms with E-state index in [9.17, 15) is 19.4 Å². The summed E-state index contributed by atoms with van der Waals surface area (Å²) in [6, 6.07) is 4.36. The number of benzene rings is 1. The van der Waals surface area contributed by atoms with Gasteiger partial charge in [0.25, 0.3) is 5.56 Å². The van der Waals surface area contributed by atoms with Crippen molar-refractivity contribution < 1.29 is 19.3 Å². The molecule has 0 aliphatic carbocycles. The van der Waals surface area contributed by atoms with Gasteiger partial charge >= 0.3 is 0 Å². The van der Waals surface area contributed by atoms with Gasteiger partial charge in [-0.05, 0) is 31.0 Å². The van der Waals surface area contributed by atoms with E-state index in [1.54, 1.807) is 19.1 Å². The van der Waals surface area contributed by atoms with Crippen LogP contribution in [-0.4, -0.2) is 33.0 Å². The van der Waals surface area contributed by atoms with Crippen molar-refractivity contribution in [2.75, 3.05) is 13.2 Å². The molecule has 0 spiro atoms. The second-order valence-electron chi connectivity index (χ2n) is 6.48. The Morgan fingerprint density at radius 2 is 2.27 bits per heavy atom. The number of ether oxygens (including phenoxy) is 1. The molecule has 2 unspecified atom stereocenters. The summed E-state index contributed by atoms with van der Waals surface area (Å²) in [5, 5.41) is 23.4. The summed E-state index contributed by atoms with van der Waals surface area (Å²) in [7, 11) is 0. The summed E-state index contributed by atoms with van der Waals surface area (Å²) < 4.78 is 20.1. The highest BCUT2D eigenvalue weighted by Crippen LogP contribution is 2.21. The fourth-order valence-corrected chi connectivity index (χ4v) is 3.03. The maximum Gasteiger partial charge on any atom is 0.296 e. The lowest BCUT2D eigenvalue weighted by atomic mass is 10.1. The molecule has 0 fully saturated rings. The minimum atomic E-state index is -1.33. The Balaban J connectivity index is 1.84. The van der Waals surface area contributed by atoms with Crippen LogP contribution in [0, 0.1) is 12.7 Å². The van der Waals surface area contributed by atoms with Crippen LogP contribution in [0.4, 0.5) is 4.39 Å². The number of fused-ring (bicyclic) bond motifs is 1. The van der Waals surface area contributed by atoms with Crippen molar-refractivity contribution in [2.45, 2.75) is 39.1 Å². The zero-order valence-electron chi connectivity index (χ0n) is 14.7. The quantitative estimate of drug-likeness (QED) is 0.709. The third kappa shape index (κ3) is 3.62. The number of nitrogens with zero attached hydrogens (tertiary/aromatic N) is 2. The average Bonchev–Trinajstić information content (AvgIpc) is 2.80. The highest BCUT2D eigenvalue weighted by Gasteiger charge is 2.25. The Morgan fingerprint density at radius 1 is 1.50 bits per heavy atom. The number of nitrogens with one attached hydrogen (secondary N) is 1. The fourth-order valence-electron chi connectivity index (χ4n) is 3.03. The molecule has 8 heteroatoms. The second-order valence-corrected chi connectivity index (χ2v) is 6.48. The van der Waals surface area contributed by atoms with Gasteiger partial charge in [-0.15, -0.1) is 0 Å². The zero-order valence-corrected chi connectivity index (χ0v) is 14.7. The van der Waals surface area contributed by atoms with Crippen LogP contribution in [0.2, 0.25) is 0 Å². The first-order valence-corrected chi connectivity index (χ1v) is 8.47. The molecule has 0 saturated heterocycles. The van der Waals surface area contributed by atoms with Gasteiger partial charge in [-0.3, -0.25) is 14.7 Å². The molecule has 1 aliphatic rings. The monoisotopic (exact) mass is 363 g/mol. The van der Waals surface area contributed by atoms with Crippen molar-refractivity contribution in [3.63, 3.8) is 0 Å². The van der Waals surface area contributed by atoms with E-state index in [2.05, 4.69) is 10.3 Å². The van der Waals surface area contributed by atoms with Gasteiger partial charge in [-0.2, -0.15) is 0 Å². The van der Waals surface area contributed by atoms with Crippen LogP contribution in [0.3, 0.4) is 0 Å². The number of rotatable bonds is 4. The molecule has 7 nitrogen and oxygen atoms in total. The van der Waals surface area contributed by atoms with E-state index in [-0.39, 0.29) is 24.1 Å². The van der Waals surface area contributed by atoms with Gasteiger partial charge in [0.1, 0.15) is 17.3 Å². The number of aromatic hydroxyl groups is 1. The van der Waals surface area contributed by atoms with Gasteiger partial charge in [-0.1, -0.05) is 12.1 Å². The SMILES string of the molecule is Cc1cc(CNC(O)c2nc3n(c(=O)c2O)C(C)COCC3)ccc1F. The van der Waals surface area contributed by atoms with Crippen molar-refractivity contribution in [1.29, 1.82) is 0 Å². The van der Waals surface area contributed by atoms with Crippen LogP contribution in [0.1, 0.15) is 41.8 Å². The summed E-state index contributed by atoms with van der Waals surface area (Å²) in [6.07, 6.45) is -0.921. The van der Waals surface area contributed by atoms with E-state index < -0.39 is 17.5 Å². The van der Waals surface area contributed by atoms with Crippen LogP contribution in [0.15, 0.2) is 23.0 Å². The molecule has 1 aromatic carbocycles. The Morgan fingerprint density at radius 3 is 3.00 bits per heavy atom. The first-order valence-electron chi connectivity index (χ1n) is 8.47. The van der Waals surface area contributed by atoms with Crippen LogP contribution in [-0.2, 0) is 17.7 Å². The summed E-state index contributed by atoms with van der Waals surface area (Å²) in [5.74, 6) is -0.423. The van der Waals surface area contributed by atoms with Crippen LogP contribution in [0.5, 0.6) is 5.75 Å². The molecule has 1 aromatic heterocycles. The van der Waals surface area contributed by atoms with Crippen molar-refractivity contribution in [3.8, 4) is 5.75 Å². The summed E-state index contributed by atoms with van der Waals surface area (Å²) in [6.45, 7) is 4.46. The third-order valence-electron chi connectivity index (χ3n) is 4.44. The molecule has 1 aliphatic heterocycles. The maximum absolute atomic E-state index is 13.3. The summed E-state index contributed by atoms with van der Waals surface area (Å²) >= 11 is 0. The normalized spacial score (nSPS) is 18.2. The maximum atomic E-state index is 13.3. The topological polar surface area (TPSA) is 96.6 Å². The van der Waals surface area contributed by atoms with E-state index >= 15 is 0 Å². The average molecular weight is 363 g/mol. The first kappa shape index (κ1) is 18.5. The Bertz CT molecular complexity index is 868. The van der Waals surface area contributed by atoms with E-state index in [0.717, 1.165) is 5.56 Å². The van der Waals surface area contributed by atoms with Crippen molar-refractivity contribution >= 4 is 0 Å². The molecule has 2 heterocycles. The van der Waals surface area contributed by atoms with Gasteiger partial charge < -0.3 is 14.9 Å². The van der Waals surface area contributed by atoms with E-state index in [1.807, 2.05) is 6.92 Å². The Kier molecular flexibility index (Phi) is 5.36. The molecule has 2 aromatic rings. The molecule has 0 saturated carbocycles. The first-order chi connectivity index (χ1) is 12.4. The number of aryl methyl sites for hydroxylation is 1. The number of aliphatic hydroxyl groups excluding tert-OH is 1. The lowest BCUT2D eigenvalue weighted by Gasteiger charge is -2.19.